The molecule has 112 valence electrons. The summed E-state index contributed by atoms with van der Waals surface area (Å²) in [5.74, 6) is -0.0712. The molecule has 1 heterocycles. The third-order valence-electron chi connectivity index (χ3n) is 4.89. The molecule has 0 aromatic heterocycles. The Morgan fingerprint density at radius 2 is 1.76 bits per heavy atom. The van der Waals surface area contributed by atoms with Crippen LogP contribution in [0.3, 0.4) is 0 Å². The molecule has 2 fully saturated rings. The molecule has 0 unspecified atom stereocenters. The largest absolute Gasteiger partial charge is 0.335 e. The number of anilines is 1. The van der Waals surface area contributed by atoms with Gasteiger partial charge in [0.2, 0.25) is 11.8 Å². The van der Waals surface area contributed by atoms with Gasteiger partial charge in [-0.15, -0.1) is 0 Å². The van der Waals surface area contributed by atoms with Gasteiger partial charge in [-0.3, -0.25) is 9.59 Å². The Labute approximate surface area is 124 Å². The Bertz CT molecular complexity index is 558. The SMILES string of the molecule is CN1CC(=O)N(c2ccc(C3(CN)CCC3)cc2)CC1=O. The Hall–Kier alpha value is -1.88. The second-order valence-corrected chi connectivity index (χ2v) is 6.11. The lowest BCUT2D eigenvalue weighted by atomic mass is 9.64. The van der Waals surface area contributed by atoms with Gasteiger partial charge in [-0.1, -0.05) is 18.6 Å². The van der Waals surface area contributed by atoms with E-state index in [1.165, 1.54) is 16.9 Å². The highest BCUT2D eigenvalue weighted by Crippen LogP contribution is 2.43. The molecule has 2 N–H and O–H groups in total. The van der Waals surface area contributed by atoms with Crippen molar-refractivity contribution in [1.29, 1.82) is 0 Å². The maximum atomic E-state index is 12.1. The first kappa shape index (κ1) is 14.1. The van der Waals surface area contributed by atoms with Crippen molar-refractivity contribution in [3.05, 3.63) is 29.8 Å². The van der Waals surface area contributed by atoms with Crippen LogP contribution in [0.15, 0.2) is 24.3 Å². The van der Waals surface area contributed by atoms with Crippen molar-refractivity contribution < 1.29 is 9.59 Å². The summed E-state index contributed by atoms with van der Waals surface area (Å²) < 4.78 is 0. The molecule has 0 bridgehead atoms. The van der Waals surface area contributed by atoms with Gasteiger partial charge in [0.25, 0.3) is 0 Å². The van der Waals surface area contributed by atoms with Gasteiger partial charge in [0.1, 0.15) is 6.54 Å². The van der Waals surface area contributed by atoms with Crippen LogP contribution in [0.5, 0.6) is 0 Å². The number of nitrogens with two attached hydrogens (primary N) is 1. The van der Waals surface area contributed by atoms with Crippen molar-refractivity contribution in [2.24, 2.45) is 5.73 Å². The molecular formula is C16H21N3O2. The quantitative estimate of drug-likeness (QED) is 0.897. The first-order chi connectivity index (χ1) is 10.1. The fourth-order valence-electron chi connectivity index (χ4n) is 3.16. The highest BCUT2D eigenvalue weighted by Gasteiger charge is 2.37. The molecule has 3 rings (SSSR count). The van der Waals surface area contributed by atoms with Crippen LogP contribution >= 0.6 is 0 Å². The third kappa shape index (κ3) is 2.31. The Morgan fingerprint density at radius 1 is 1.10 bits per heavy atom. The van der Waals surface area contributed by atoms with Crippen LogP contribution in [-0.4, -0.2) is 43.4 Å². The molecule has 1 aliphatic heterocycles. The molecule has 5 nitrogen and oxygen atoms in total. The second kappa shape index (κ2) is 5.15. The summed E-state index contributed by atoms with van der Waals surface area (Å²) in [6, 6.07) is 7.97. The van der Waals surface area contributed by atoms with Crippen LogP contribution in [0.1, 0.15) is 24.8 Å². The van der Waals surface area contributed by atoms with Gasteiger partial charge in [-0.05, 0) is 30.5 Å². The van der Waals surface area contributed by atoms with Crippen molar-refractivity contribution in [3.8, 4) is 0 Å². The minimum absolute atomic E-state index is 0.0314. The summed E-state index contributed by atoms with van der Waals surface area (Å²) in [6.07, 6.45) is 3.49. The van der Waals surface area contributed by atoms with Gasteiger partial charge in [0, 0.05) is 24.7 Å². The zero-order valence-corrected chi connectivity index (χ0v) is 12.3. The fourth-order valence-corrected chi connectivity index (χ4v) is 3.16. The van der Waals surface area contributed by atoms with Crippen LogP contribution in [0, 0.1) is 0 Å². The lowest BCUT2D eigenvalue weighted by Crippen LogP contribution is -2.52. The van der Waals surface area contributed by atoms with Gasteiger partial charge in [-0.25, -0.2) is 0 Å². The summed E-state index contributed by atoms with van der Waals surface area (Å²) in [4.78, 5) is 26.9. The van der Waals surface area contributed by atoms with Gasteiger partial charge >= 0.3 is 0 Å². The van der Waals surface area contributed by atoms with E-state index in [-0.39, 0.29) is 30.3 Å². The van der Waals surface area contributed by atoms with E-state index in [9.17, 15) is 9.59 Å². The molecule has 1 saturated carbocycles. The lowest BCUT2D eigenvalue weighted by molar-refractivity contribution is -0.136. The standard InChI is InChI=1S/C16H21N3O2/c1-18-9-15(21)19(10-14(18)20)13-5-3-12(4-6-13)16(11-17)7-2-8-16/h3-6H,2,7-11,17H2,1H3. The summed E-state index contributed by atoms with van der Waals surface area (Å²) in [6.45, 7) is 0.933. The zero-order chi connectivity index (χ0) is 15.0. The van der Waals surface area contributed by atoms with Crippen LogP contribution in [0.25, 0.3) is 0 Å². The lowest BCUT2D eigenvalue weighted by Gasteiger charge is -2.41. The normalized spacial score (nSPS) is 21.4. The van der Waals surface area contributed by atoms with Gasteiger partial charge in [0.15, 0.2) is 0 Å². The number of amides is 2. The van der Waals surface area contributed by atoms with Crippen molar-refractivity contribution in [3.63, 3.8) is 0 Å². The van der Waals surface area contributed by atoms with Gasteiger partial charge in [-0.2, -0.15) is 0 Å². The van der Waals surface area contributed by atoms with Gasteiger partial charge in [0.05, 0.1) is 6.54 Å². The molecule has 1 aromatic carbocycles. The average molecular weight is 287 g/mol. The van der Waals surface area contributed by atoms with Crippen molar-refractivity contribution in [2.45, 2.75) is 24.7 Å². The predicted molar refractivity (Wildman–Crippen MR) is 81.0 cm³/mol. The zero-order valence-electron chi connectivity index (χ0n) is 12.3. The van der Waals surface area contributed by atoms with Crippen molar-refractivity contribution in [1.82, 2.24) is 4.90 Å². The van der Waals surface area contributed by atoms with Crippen molar-refractivity contribution in [2.75, 3.05) is 31.6 Å². The van der Waals surface area contributed by atoms with E-state index in [2.05, 4.69) is 12.1 Å². The predicted octanol–water partition coefficient (Wildman–Crippen LogP) is 0.872. The minimum atomic E-state index is -0.0398. The number of hydrogen-bond donors (Lipinski definition) is 1. The van der Waals surface area contributed by atoms with E-state index in [0.29, 0.717) is 6.54 Å². The van der Waals surface area contributed by atoms with E-state index >= 15 is 0 Å². The highest BCUT2D eigenvalue weighted by atomic mass is 16.2. The highest BCUT2D eigenvalue weighted by molar-refractivity contribution is 6.04. The molecule has 0 spiro atoms. The smallest absolute Gasteiger partial charge is 0.247 e. The molecule has 5 heteroatoms. The average Bonchev–Trinajstić information content (AvgIpc) is 2.43. The third-order valence-corrected chi connectivity index (χ3v) is 4.89. The maximum Gasteiger partial charge on any atom is 0.247 e. The molecule has 1 aromatic rings. The molecule has 0 radical (unpaired) electrons. The van der Waals surface area contributed by atoms with Gasteiger partial charge < -0.3 is 15.5 Å². The van der Waals surface area contributed by atoms with E-state index in [1.807, 2.05) is 12.1 Å². The molecule has 0 atom stereocenters. The molecule has 2 amide bonds. The van der Waals surface area contributed by atoms with E-state index in [1.54, 1.807) is 11.9 Å². The first-order valence-corrected chi connectivity index (χ1v) is 7.41. The van der Waals surface area contributed by atoms with Crippen molar-refractivity contribution >= 4 is 17.5 Å². The number of rotatable bonds is 3. The molecular weight excluding hydrogens is 266 g/mol. The van der Waals surface area contributed by atoms with Crippen LogP contribution < -0.4 is 10.6 Å². The number of hydrogen-bond acceptors (Lipinski definition) is 3. The molecule has 21 heavy (non-hydrogen) atoms. The maximum absolute atomic E-state index is 12.1. The number of carbonyl (C=O) groups is 2. The summed E-state index contributed by atoms with van der Waals surface area (Å²) >= 11 is 0. The topological polar surface area (TPSA) is 66.6 Å². The number of likely N-dealkylation sites (N-methyl/N-ethyl adjacent to an activating group) is 1. The van der Waals surface area contributed by atoms with Crippen LogP contribution in [0.4, 0.5) is 5.69 Å². The summed E-state index contributed by atoms with van der Waals surface area (Å²) in [5, 5.41) is 0. The number of carbonyl (C=O) groups excluding carboxylic acids is 2. The molecule has 1 saturated heterocycles. The molecule has 2 aliphatic rings. The number of nitrogens with zero attached hydrogens (tertiary/aromatic N) is 2. The second-order valence-electron chi connectivity index (χ2n) is 6.11. The van der Waals surface area contributed by atoms with Crippen LogP contribution in [0.2, 0.25) is 0 Å². The number of benzene rings is 1. The van der Waals surface area contributed by atoms with E-state index in [0.717, 1.165) is 18.5 Å². The molecule has 1 aliphatic carbocycles. The van der Waals surface area contributed by atoms with E-state index < -0.39 is 0 Å². The van der Waals surface area contributed by atoms with E-state index in [4.69, 9.17) is 5.73 Å². The summed E-state index contributed by atoms with van der Waals surface area (Å²) in [5.41, 5.74) is 8.08. The Morgan fingerprint density at radius 3 is 2.29 bits per heavy atom. The minimum Gasteiger partial charge on any atom is -0.335 e. The van der Waals surface area contributed by atoms with Crippen LogP contribution in [-0.2, 0) is 15.0 Å². The summed E-state index contributed by atoms with van der Waals surface area (Å²) in [7, 11) is 1.66. The fraction of sp³-hybridized carbons (Fsp3) is 0.500. The Balaban J connectivity index is 1.81. The monoisotopic (exact) mass is 287 g/mol. The first-order valence-electron chi connectivity index (χ1n) is 7.41. The Kier molecular flexibility index (Phi) is 3.45. The number of piperazine rings is 1.